The molecule has 43 heavy (non-hydrogen) atoms. The molecule has 1 amide bonds. The number of aliphatic imine (C=N–C) groups is 1. The van der Waals surface area contributed by atoms with Crippen molar-refractivity contribution < 1.29 is 18.0 Å². The molecule has 0 unspecified atom stereocenters. The van der Waals surface area contributed by atoms with Crippen LogP contribution < -0.4 is 10.3 Å². The summed E-state index contributed by atoms with van der Waals surface area (Å²) in [6, 6.07) is 17.3. The lowest BCUT2D eigenvalue weighted by Gasteiger charge is -2.22. The zero-order chi connectivity index (χ0) is 30.7. The largest absolute Gasteiger partial charge is 0.416 e. The number of amides is 1. The zero-order valence-corrected chi connectivity index (χ0v) is 25.1. The fourth-order valence-corrected chi connectivity index (χ4v) is 5.43. The molecule has 0 bridgehead atoms. The van der Waals surface area contributed by atoms with E-state index < -0.39 is 11.7 Å². The molecular formula is C29H23ClF3N7OS2. The summed E-state index contributed by atoms with van der Waals surface area (Å²) in [5.41, 5.74) is 5.55. The molecule has 5 rings (SSSR count). The van der Waals surface area contributed by atoms with Gasteiger partial charge in [-0.05, 0) is 65.7 Å². The van der Waals surface area contributed by atoms with Gasteiger partial charge in [-0.2, -0.15) is 23.3 Å². The Kier molecular flexibility index (Phi) is 8.95. The highest BCUT2D eigenvalue weighted by atomic mass is 35.5. The number of carbonyl (C=O) groups is 1. The maximum absolute atomic E-state index is 12.8. The predicted octanol–water partition coefficient (Wildman–Crippen LogP) is 7.07. The number of aromatic nitrogens is 3. The number of nitrogens with zero attached hydrogens (tertiary/aromatic N) is 6. The van der Waals surface area contributed by atoms with Crippen LogP contribution in [0.4, 0.5) is 18.9 Å². The topological polar surface area (TPSA) is 87.8 Å². The standard InChI is InChI=1S/C29H23ClF3N7OS2/c1-17(2)23-12-9-21(30)13-24(23)40-25(41)15-43-28(40)36-27(42)37-35-14-18-3-5-19(6-4-18)26-34-16-39(38-26)22-10-7-20(8-11-22)29(31,32)33/h3-14,16-17H,15H2,1-2H3,(H,37,42)/b35-14+,36-28-. The van der Waals surface area contributed by atoms with Gasteiger partial charge >= 0.3 is 6.18 Å². The first-order valence-corrected chi connectivity index (χ1v) is 14.6. The van der Waals surface area contributed by atoms with Gasteiger partial charge in [0.05, 0.1) is 28.9 Å². The van der Waals surface area contributed by atoms with E-state index in [0.29, 0.717) is 33.0 Å². The summed E-state index contributed by atoms with van der Waals surface area (Å²) in [6.45, 7) is 4.08. The van der Waals surface area contributed by atoms with E-state index in [-0.39, 0.29) is 22.7 Å². The number of alkyl halides is 3. The van der Waals surface area contributed by atoms with Crippen LogP contribution in [0.5, 0.6) is 0 Å². The number of hydrogen-bond acceptors (Lipinski definition) is 6. The number of hydrogen-bond donors (Lipinski definition) is 1. The summed E-state index contributed by atoms with van der Waals surface area (Å²) in [5, 5.41) is 9.57. The molecule has 2 heterocycles. The highest BCUT2D eigenvalue weighted by Gasteiger charge is 2.32. The second-order valence-corrected chi connectivity index (χ2v) is 11.4. The maximum atomic E-state index is 12.8. The SMILES string of the molecule is CC(C)c1ccc(Cl)cc1N1C(=O)CS/C1=N\C(=S)N/N=C/c1ccc(-c2ncn(-c3ccc(C(F)(F)F)cc3)n2)cc1. The molecule has 1 aliphatic heterocycles. The summed E-state index contributed by atoms with van der Waals surface area (Å²) in [4.78, 5) is 23.0. The minimum absolute atomic E-state index is 0.0844. The van der Waals surface area contributed by atoms with E-state index in [1.54, 1.807) is 42.6 Å². The summed E-state index contributed by atoms with van der Waals surface area (Å²) in [7, 11) is 0. The van der Waals surface area contributed by atoms with Crippen molar-refractivity contribution in [3.05, 3.63) is 94.8 Å². The van der Waals surface area contributed by atoms with Crippen LogP contribution in [0.3, 0.4) is 0 Å². The number of rotatable bonds is 6. The molecule has 1 aliphatic rings. The number of halogens is 4. The minimum atomic E-state index is -4.41. The number of thioether (sulfide) groups is 1. The molecule has 1 saturated heterocycles. The van der Waals surface area contributed by atoms with Crippen LogP contribution in [0.15, 0.2) is 83.2 Å². The molecule has 0 atom stereocenters. The Labute approximate surface area is 259 Å². The fourth-order valence-electron chi connectivity index (χ4n) is 4.20. The Bertz CT molecular complexity index is 1720. The summed E-state index contributed by atoms with van der Waals surface area (Å²) in [6.07, 6.45) is -1.41. The lowest BCUT2D eigenvalue weighted by Crippen LogP contribution is -2.31. The first-order chi connectivity index (χ1) is 20.5. The zero-order valence-electron chi connectivity index (χ0n) is 22.7. The van der Waals surface area contributed by atoms with Gasteiger partial charge in [0.25, 0.3) is 0 Å². The lowest BCUT2D eigenvalue weighted by atomic mass is 10.0. The molecule has 1 aromatic heterocycles. The quantitative estimate of drug-likeness (QED) is 0.138. The third kappa shape index (κ3) is 7.12. The van der Waals surface area contributed by atoms with Gasteiger partial charge in [0.1, 0.15) is 6.33 Å². The third-order valence-corrected chi connectivity index (χ3v) is 7.65. The summed E-state index contributed by atoms with van der Waals surface area (Å²) >= 11 is 12.9. The van der Waals surface area contributed by atoms with E-state index >= 15 is 0 Å². The van der Waals surface area contributed by atoms with Crippen molar-refractivity contribution in [2.75, 3.05) is 10.7 Å². The van der Waals surface area contributed by atoms with Crippen molar-refractivity contribution in [2.45, 2.75) is 25.9 Å². The van der Waals surface area contributed by atoms with E-state index in [1.807, 2.05) is 19.9 Å². The van der Waals surface area contributed by atoms with Gasteiger partial charge < -0.3 is 0 Å². The molecule has 0 aliphatic carbocycles. The number of benzene rings is 3. The van der Waals surface area contributed by atoms with Crippen LogP contribution in [-0.4, -0.2) is 42.9 Å². The molecule has 1 N–H and O–H groups in total. The lowest BCUT2D eigenvalue weighted by molar-refractivity contribution is -0.137. The number of thiocarbonyl (C=S) groups is 1. The van der Waals surface area contributed by atoms with Crippen LogP contribution in [-0.2, 0) is 11.0 Å². The Hall–Kier alpha value is -4.07. The van der Waals surface area contributed by atoms with E-state index in [4.69, 9.17) is 23.8 Å². The first kappa shape index (κ1) is 30.4. The molecule has 4 aromatic rings. The van der Waals surface area contributed by atoms with Crippen molar-refractivity contribution in [3.63, 3.8) is 0 Å². The Morgan fingerprint density at radius 3 is 2.51 bits per heavy atom. The number of anilines is 1. The number of hydrazone groups is 1. The van der Waals surface area contributed by atoms with Crippen molar-refractivity contribution >= 4 is 63.7 Å². The van der Waals surface area contributed by atoms with Crippen LogP contribution in [0.25, 0.3) is 17.1 Å². The molecule has 0 spiro atoms. The average molecular weight is 642 g/mol. The van der Waals surface area contributed by atoms with E-state index in [2.05, 4.69) is 25.6 Å². The van der Waals surface area contributed by atoms with Gasteiger partial charge in [0.2, 0.25) is 11.0 Å². The van der Waals surface area contributed by atoms with Crippen molar-refractivity contribution in [3.8, 4) is 17.1 Å². The van der Waals surface area contributed by atoms with Crippen molar-refractivity contribution in [2.24, 2.45) is 10.1 Å². The van der Waals surface area contributed by atoms with Crippen LogP contribution >= 0.6 is 35.6 Å². The summed E-state index contributed by atoms with van der Waals surface area (Å²) < 4.78 is 39.9. The van der Waals surface area contributed by atoms with Crippen LogP contribution in [0.1, 0.15) is 36.5 Å². The smallest absolute Gasteiger partial charge is 0.273 e. The minimum Gasteiger partial charge on any atom is -0.273 e. The van der Waals surface area contributed by atoms with Gasteiger partial charge in [-0.15, -0.1) is 5.10 Å². The molecule has 0 radical (unpaired) electrons. The number of amidine groups is 1. The Morgan fingerprint density at radius 1 is 1.12 bits per heavy atom. The highest BCUT2D eigenvalue weighted by Crippen LogP contribution is 2.35. The molecule has 0 saturated carbocycles. The Morgan fingerprint density at radius 2 is 1.84 bits per heavy atom. The van der Waals surface area contributed by atoms with Crippen molar-refractivity contribution in [1.82, 2.24) is 20.2 Å². The van der Waals surface area contributed by atoms with E-state index in [0.717, 1.165) is 23.3 Å². The average Bonchev–Trinajstić information content (AvgIpc) is 3.60. The van der Waals surface area contributed by atoms with E-state index in [1.165, 1.54) is 39.8 Å². The van der Waals surface area contributed by atoms with Gasteiger partial charge in [-0.3, -0.25) is 15.1 Å². The molecule has 3 aromatic carbocycles. The van der Waals surface area contributed by atoms with E-state index in [9.17, 15) is 18.0 Å². The molecule has 220 valence electrons. The van der Waals surface area contributed by atoms with Crippen LogP contribution in [0.2, 0.25) is 5.02 Å². The Balaban J connectivity index is 1.23. The third-order valence-electron chi connectivity index (χ3n) is 6.31. The van der Waals surface area contributed by atoms with Gasteiger partial charge in [0.15, 0.2) is 11.0 Å². The van der Waals surface area contributed by atoms with Gasteiger partial charge in [0, 0.05) is 10.6 Å². The maximum Gasteiger partial charge on any atom is 0.416 e. The summed E-state index contributed by atoms with van der Waals surface area (Å²) in [5.74, 6) is 0.696. The van der Waals surface area contributed by atoms with Crippen molar-refractivity contribution in [1.29, 1.82) is 0 Å². The predicted molar refractivity (Wildman–Crippen MR) is 168 cm³/mol. The molecule has 8 nitrogen and oxygen atoms in total. The highest BCUT2D eigenvalue weighted by molar-refractivity contribution is 8.15. The van der Waals surface area contributed by atoms with Crippen LogP contribution in [0, 0.1) is 0 Å². The first-order valence-electron chi connectivity index (χ1n) is 12.9. The molecular weight excluding hydrogens is 619 g/mol. The second-order valence-electron chi connectivity index (χ2n) is 9.62. The monoisotopic (exact) mass is 641 g/mol. The number of carbonyl (C=O) groups excluding carboxylic acids is 1. The molecule has 1 fully saturated rings. The normalized spacial score (nSPS) is 14.8. The fraction of sp³-hybridized carbons (Fsp3) is 0.172. The van der Waals surface area contributed by atoms with Gasteiger partial charge in [-0.25, -0.2) is 9.67 Å². The van der Waals surface area contributed by atoms with Gasteiger partial charge in [-0.1, -0.05) is 67.5 Å². The molecule has 14 heteroatoms. The number of nitrogens with one attached hydrogen (secondary N) is 1. The second kappa shape index (κ2) is 12.7.